The summed E-state index contributed by atoms with van der Waals surface area (Å²) < 4.78 is 5.97. The van der Waals surface area contributed by atoms with Gasteiger partial charge in [-0.15, -0.1) is 0 Å². The van der Waals surface area contributed by atoms with Gasteiger partial charge in [0.1, 0.15) is 5.60 Å². The van der Waals surface area contributed by atoms with Gasteiger partial charge < -0.3 is 25.3 Å². The summed E-state index contributed by atoms with van der Waals surface area (Å²) in [5.41, 5.74) is 0.557. The van der Waals surface area contributed by atoms with Crippen molar-refractivity contribution in [1.29, 1.82) is 0 Å². The van der Waals surface area contributed by atoms with Crippen molar-refractivity contribution in [2.24, 2.45) is 4.99 Å². The smallest absolute Gasteiger partial charge is 0.407 e. The number of amides is 1. The second-order valence-corrected chi connectivity index (χ2v) is 9.07. The first-order valence-electron chi connectivity index (χ1n) is 9.96. The Hall–Kier alpha value is -3.60. The van der Waals surface area contributed by atoms with Crippen molar-refractivity contribution in [3.63, 3.8) is 0 Å². The second-order valence-electron chi connectivity index (χ2n) is 8.16. The monoisotopic (exact) mass is 518 g/mol. The lowest BCUT2D eigenvalue weighted by molar-refractivity contribution is -0.385. The van der Waals surface area contributed by atoms with Crippen molar-refractivity contribution < 1.29 is 24.7 Å². The quantitative estimate of drug-likeness (QED) is 0.162. The number of nitro groups is 1. The summed E-state index contributed by atoms with van der Waals surface area (Å²) in [6, 6.07) is 9.20. The van der Waals surface area contributed by atoms with Gasteiger partial charge in [-0.1, -0.05) is 15.9 Å². The van der Waals surface area contributed by atoms with Gasteiger partial charge in [-0.05, 0) is 51.1 Å². The molecule has 0 fully saturated rings. The predicted molar refractivity (Wildman–Crippen MR) is 127 cm³/mol. The lowest BCUT2D eigenvalue weighted by atomic mass is 10.00. The normalized spacial score (nSPS) is 12.1. The fraction of sp³-hybridized carbons (Fsp3) is 0.273. The number of aliphatic imine (C=N–C) groups is 1. The van der Waals surface area contributed by atoms with Crippen LogP contribution < -0.4 is 5.32 Å². The number of fused-ring (bicyclic) bond motifs is 1. The van der Waals surface area contributed by atoms with E-state index in [1.807, 2.05) is 0 Å². The molecule has 11 heteroatoms. The van der Waals surface area contributed by atoms with E-state index < -0.39 is 28.1 Å². The average molecular weight is 519 g/mol. The van der Waals surface area contributed by atoms with Crippen LogP contribution in [0.25, 0.3) is 10.9 Å². The zero-order chi connectivity index (χ0) is 24.3. The molecular formula is C22H23BrN4O6. The maximum atomic E-state index is 11.9. The highest BCUT2D eigenvalue weighted by molar-refractivity contribution is 9.10. The molecule has 0 bridgehead atoms. The van der Waals surface area contributed by atoms with E-state index in [-0.39, 0.29) is 24.7 Å². The van der Waals surface area contributed by atoms with E-state index in [4.69, 9.17) is 4.74 Å². The van der Waals surface area contributed by atoms with Crippen LogP contribution in [-0.2, 0) is 4.74 Å². The molecule has 3 rings (SSSR count). The number of alkyl carbamates (subject to hydrolysis) is 1. The number of aromatic nitrogens is 1. The molecule has 33 heavy (non-hydrogen) atoms. The molecule has 4 N–H and O–H groups in total. The number of nitrogens with one attached hydrogen (secondary N) is 2. The van der Waals surface area contributed by atoms with Crippen molar-refractivity contribution in [2.75, 3.05) is 13.1 Å². The molecule has 0 saturated carbocycles. The predicted octanol–water partition coefficient (Wildman–Crippen LogP) is 4.61. The molecule has 174 valence electrons. The van der Waals surface area contributed by atoms with Gasteiger partial charge in [0, 0.05) is 33.6 Å². The Morgan fingerprint density at radius 3 is 2.61 bits per heavy atom. The van der Waals surface area contributed by atoms with Crippen molar-refractivity contribution in [3.05, 3.63) is 62.1 Å². The van der Waals surface area contributed by atoms with Gasteiger partial charge in [-0.3, -0.25) is 15.1 Å². The molecule has 0 aliphatic rings. The number of halogens is 1. The van der Waals surface area contributed by atoms with Gasteiger partial charge in [-0.2, -0.15) is 0 Å². The summed E-state index contributed by atoms with van der Waals surface area (Å²) in [5.74, 6) is -0.683. The van der Waals surface area contributed by atoms with Crippen LogP contribution in [0.4, 0.5) is 10.5 Å². The largest absolute Gasteiger partial charge is 0.502 e. The van der Waals surface area contributed by atoms with Gasteiger partial charge in [0.15, 0.2) is 11.6 Å². The topological polar surface area (TPSA) is 150 Å². The molecule has 1 amide bonds. The summed E-state index contributed by atoms with van der Waals surface area (Å²) in [4.78, 5) is 29.7. The van der Waals surface area contributed by atoms with Gasteiger partial charge >= 0.3 is 11.8 Å². The van der Waals surface area contributed by atoms with E-state index in [1.165, 1.54) is 18.2 Å². The Morgan fingerprint density at radius 1 is 1.24 bits per heavy atom. The number of aromatic amines is 1. The summed E-state index contributed by atoms with van der Waals surface area (Å²) in [6.45, 7) is 5.52. The first-order valence-corrected chi connectivity index (χ1v) is 10.7. The molecule has 0 unspecified atom stereocenters. The molecule has 3 aromatic rings. The molecule has 0 aliphatic heterocycles. The van der Waals surface area contributed by atoms with E-state index in [0.717, 1.165) is 4.47 Å². The Morgan fingerprint density at radius 2 is 1.97 bits per heavy atom. The van der Waals surface area contributed by atoms with Crippen molar-refractivity contribution in [3.8, 4) is 11.6 Å². The van der Waals surface area contributed by atoms with Crippen LogP contribution in [0.1, 0.15) is 31.9 Å². The van der Waals surface area contributed by atoms with Gasteiger partial charge in [0.2, 0.25) is 0 Å². The van der Waals surface area contributed by atoms with Gasteiger partial charge in [0.05, 0.1) is 22.7 Å². The molecule has 1 aromatic heterocycles. The minimum absolute atomic E-state index is 0.118. The number of phenols is 1. The van der Waals surface area contributed by atoms with Crippen LogP contribution in [0.2, 0.25) is 0 Å². The minimum Gasteiger partial charge on any atom is -0.502 e. The second kappa shape index (κ2) is 9.49. The van der Waals surface area contributed by atoms with Crippen LogP contribution >= 0.6 is 15.9 Å². The van der Waals surface area contributed by atoms with Crippen LogP contribution in [0, 0.1) is 10.1 Å². The van der Waals surface area contributed by atoms with Crippen LogP contribution in [0.15, 0.2) is 45.9 Å². The third-order valence-corrected chi connectivity index (χ3v) is 4.97. The fourth-order valence-electron chi connectivity index (χ4n) is 3.17. The number of phenolic OH excluding ortho intramolecular Hbond substituents is 1. The lowest BCUT2D eigenvalue weighted by Crippen LogP contribution is -2.33. The Bertz CT molecular complexity index is 1250. The molecule has 0 spiro atoms. The third-order valence-electron chi connectivity index (χ3n) is 4.47. The van der Waals surface area contributed by atoms with Crippen LogP contribution in [0.3, 0.4) is 0 Å². The highest BCUT2D eigenvalue weighted by Gasteiger charge is 2.22. The zero-order valence-corrected chi connectivity index (χ0v) is 19.8. The molecule has 1 heterocycles. The lowest BCUT2D eigenvalue weighted by Gasteiger charge is -2.19. The number of rotatable bonds is 6. The number of benzene rings is 2. The van der Waals surface area contributed by atoms with Crippen molar-refractivity contribution >= 4 is 44.3 Å². The molecule has 2 aromatic carbocycles. The van der Waals surface area contributed by atoms with Gasteiger partial charge in [0.25, 0.3) is 0 Å². The Kier molecular flexibility index (Phi) is 6.92. The SMILES string of the molecule is CC(C)(C)OC(=O)NCCN=C(c1ccc([N+](=O)[O-])c(O)c1)c1c(O)[nH]c2ccc(Br)cc12. The number of aromatic hydroxyl groups is 2. The highest BCUT2D eigenvalue weighted by atomic mass is 79.9. The highest BCUT2D eigenvalue weighted by Crippen LogP contribution is 2.34. The minimum atomic E-state index is -0.693. The third kappa shape index (κ3) is 5.80. The van der Waals surface area contributed by atoms with Crippen LogP contribution in [-0.4, -0.2) is 50.6 Å². The molecule has 0 radical (unpaired) electrons. The first-order chi connectivity index (χ1) is 15.5. The Labute approximate surface area is 197 Å². The van der Waals surface area contributed by atoms with E-state index >= 15 is 0 Å². The number of hydrogen-bond donors (Lipinski definition) is 4. The van der Waals surface area contributed by atoms with E-state index in [9.17, 15) is 25.1 Å². The average Bonchev–Trinajstić information content (AvgIpc) is 3.01. The van der Waals surface area contributed by atoms with E-state index in [1.54, 1.807) is 39.0 Å². The molecule has 10 nitrogen and oxygen atoms in total. The van der Waals surface area contributed by atoms with Gasteiger partial charge in [-0.25, -0.2) is 4.79 Å². The molecule has 0 aliphatic carbocycles. The molecular weight excluding hydrogens is 496 g/mol. The fourth-order valence-corrected chi connectivity index (χ4v) is 3.53. The number of nitrogens with zero attached hydrogens (tertiary/aromatic N) is 2. The number of nitro benzene ring substituents is 1. The summed E-state index contributed by atoms with van der Waals surface area (Å²) in [7, 11) is 0. The first kappa shape index (κ1) is 24.1. The number of ether oxygens (including phenoxy) is 1. The van der Waals surface area contributed by atoms with Crippen molar-refractivity contribution in [2.45, 2.75) is 26.4 Å². The number of hydrogen-bond acceptors (Lipinski definition) is 7. The zero-order valence-electron chi connectivity index (χ0n) is 18.2. The van der Waals surface area contributed by atoms with E-state index in [0.29, 0.717) is 22.0 Å². The maximum absolute atomic E-state index is 11.9. The summed E-state index contributed by atoms with van der Waals surface area (Å²) >= 11 is 3.41. The van der Waals surface area contributed by atoms with Crippen molar-refractivity contribution in [1.82, 2.24) is 10.3 Å². The maximum Gasteiger partial charge on any atom is 0.407 e. The van der Waals surface area contributed by atoms with Crippen LogP contribution in [0.5, 0.6) is 11.6 Å². The van der Waals surface area contributed by atoms with E-state index in [2.05, 4.69) is 31.2 Å². The molecule has 0 saturated heterocycles. The summed E-state index contributed by atoms with van der Waals surface area (Å²) in [5, 5.41) is 35.1. The molecule has 0 atom stereocenters. The number of H-pyrrole nitrogens is 1. The Balaban J connectivity index is 2.00. The standard InChI is InChI=1S/C22H23BrN4O6/c1-22(2,3)33-21(30)25-9-8-24-19(12-4-7-16(27(31)32)17(28)10-12)18-14-11-13(23)5-6-15(14)26-20(18)29/h4-7,10-11,26,28-29H,8-9H2,1-3H3,(H,25,30). The summed E-state index contributed by atoms with van der Waals surface area (Å²) in [6.07, 6.45) is -0.592. The number of carbonyl (C=O) groups is 1. The number of carbonyl (C=O) groups excluding carboxylic acids is 1.